The Morgan fingerprint density at radius 1 is 1.35 bits per heavy atom. The van der Waals surface area contributed by atoms with Gasteiger partial charge in [-0.25, -0.2) is 9.97 Å². The molecule has 1 atom stereocenters. The third-order valence-electron chi connectivity index (χ3n) is 3.58. The fraction of sp³-hybridized carbons (Fsp3) is 0.692. The lowest BCUT2D eigenvalue weighted by atomic mass is 9.96. The van der Waals surface area contributed by atoms with E-state index in [1.165, 1.54) is 6.33 Å². The maximum absolute atomic E-state index is 12.9. The molecule has 2 rings (SSSR count). The number of aromatic nitrogens is 2. The van der Waals surface area contributed by atoms with Gasteiger partial charge in [-0.1, -0.05) is 25.4 Å². The van der Waals surface area contributed by atoms with Crippen LogP contribution in [0.3, 0.4) is 0 Å². The zero-order valence-electron chi connectivity index (χ0n) is 11.4. The molecule has 0 bridgehead atoms. The van der Waals surface area contributed by atoms with Crippen molar-refractivity contribution in [2.24, 2.45) is 5.92 Å². The van der Waals surface area contributed by atoms with Gasteiger partial charge in [-0.2, -0.15) is 13.2 Å². The van der Waals surface area contributed by atoms with Gasteiger partial charge < -0.3 is 4.90 Å². The summed E-state index contributed by atoms with van der Waals surface area (Å²) in [5, 5.41) is 0.319. The molecule has 0 saturated carbocycles. The second-order valence-corrected chi connectivity index (χ2v) is 5.74. The number of hydrogen-bond donors (Lipinski definition) is 0. The molecule has 7 heteroatoms. The molecule has 1 unspecified atom stereocenters. The molecule has 1 aliphatic heterocycles. The van der Waals surface area contributed by atoms with E-state index < -0.39 is 12.1 Å². The predicted molar refractivity (Wildman–Crippen MR) is 72.1 cm³/mol. The molecule has 0 N–H and O–H groups in total. The maximum Gasteiger partial charge on any atom is 0.393 e. The highest BCUT2D eigenvalue weighted by molar-refractivity contribution is 6.30. The molecular formula is C13H17ClF3N3. The molecule has 1 fully saturated rings. The summed E-state index contributed by atoms with van der Waals surface area (Å²) in [6.07, 6.45) is -2.17. The molecule has 112 valence electrons. The number of piperidine rings is 1. The van der Waals surface area contributed by atoms with Crippen LogP contribution in [0.5, 0.6) is 0 Å². The highest BCUT2D eigenvalue weighted by Gasteiger charge is 2.42. The van der Waals surface area contributed by atoms with Crippen molar-refractivity contribution >= 4 is 17.4 Å². The lowest BCUT2D eigenvalue weighted by Crippen LogP contribution is -2.42. The number of nitrogens with zero attached hydrogens (tertiary/aromatic N) is 3. The van der Waals surface area contributed by atoms with Crippen LogP contribution in [0, 0.1) is 5.92 Å². The van der Waals surface area contributed by atoms with Gasteiger partial charge in [0, 0.05) is 18.7 Å². The van der Waals surface area contributed by atoms with Crippen LogP contribution in [0.2, 0.25) is 5.15 Å². The number of hydrogen-bond acceptors (Lipinski definition) is 3. The number of rotatable bonds is 2. The van der Waals surface area contributed by atoms with Crippen LogP contribution in [0.25, 0.3) is 0 Å². The Balaban J connectivity index is 2.30. The summed E-state index contributed by atoms with van der Waals surface area (Å²) in [6, 6.07) is 0. The molecule has 20 heavy (non-hydrogen) atoms. The van der Waals surface area contributed by atoms with E-state index in [1.807, 2.05) is 13.8 Å². The molecule has 2 heterocycles. The molecule has 1 aromatic rings. The minimum Gasteiger partial charge on any atom is -0.356 e. The predicted octanol–water partition coefficient (Wildman–Crippen LogP) is 4.03. The third-order valence-corrected chi connectivity index (χ3v) is 3.88. The zero-order chi connectivity index (χ0) is 14.9. The molecule has 0 aliphatic carbocycles. The average molecular weight is 308 g/mol. The minimum atomic E-state index is -4.16. The first kappa shape index (κ1) is 15.4. The third kappa shape index (κ3) is 3.16. The zero-order valence-corrected chi connectivity index (χ0v) is 12.2. The second-order valence-electron chi connectivity index (χ2n) is 5.38. The van der Waals surface area contributed by atoms with E-state index in [2.05, 4.69) is 9.97 Å². The van der Waals surface area contributed by atoms with Crippen molar-refractivity contribution in [1.29, 1.82) is 0 Å². The van der Waals surface area contributed by atoms with E-state index in [-0.39, 0.29) is 18.9 Å². The first-order valence-corrected chi connectivity index (χ1v) is 7.00. The lowest BCUT2D eigenvalue weighted by Gasteiger charge is -2.35. The Morgan fingerprint density at radius 2 is 2.05 bits per heavy atom. The van der Waals surface area contributed by atoms with E-state index in [1.54, 1.807) is 4.90 Å². The highest BCUT2D eigenvalue weighted by Crippen LogP contribution is 2.37. The summed E-state index contributed by atoms with van der Waals surface area (Å²) in [7, 11) is 0. The maximum atomic E-state index is 12.9. The van der Waals surface area contributed by atoms with Crippen molar-refractivity contribution in [3.63, 3.8) is 0 Å². The van der Waals surface area contributed by atoms with Crippen LogP contribution in [-0.2, 0) is 0 Å². The van der Waals surface area contributed by atoms with E-state index in [4.69, 9.17) is 11.6 Å². The fourth-order valence-electron chi connectivity index (χ4n) is 2.55. The molecule has 1 saturated heterocycles. The largest absolute Gasteiger partial charge is 0.393 e. The van der Waals surface area contributed by atoms with Gasteiger partial charge >= 0.3 is 6.18 Å². The summed E-state index contributed by atoms with van der Waals surface area (Å²) in [4.78, 5) is 9.78. The molecule has 3 nitrogen and oxygen atoms in total. The Bertz CT molecular complexity index is 476. The molecular weight excluding hydrogens is 291 g/mol. The van der Waals surface area contributed by atoms with Gasteiger partial charge in [0.25, 0.3) is 0 Å². The average Bonchev–Trinajstić information content (AvgIpc) is 2.37. The highest BCUT2D eigenvalue weighted by atomic mass is 35.5. The molecule has 0 spiro atoms. The van der Waals surface area contributed by atoms with Gasteiger partial charge in [0.05, 0.1) is 5.92 Å². The summed E-state index contributed by atoms with van der Waals surface area (Å²) in [6.45, 7) is 4.37. The molecule has 0 aromatic carbocycles. The van der Waals surface area contributed by atoms with Crippen molar-refractivity contribution in [3.8, 4) is 0 Å². The van der Waals surface area contributed by atoms with Gasteiger partial charge in [-0.3, -0.25) is 0 Å². The Kier molecular flexibility index (Phi) is 4.42. The molecule has 0 radical (unpaired) electrons. The topological polar surface area (TPSA) is 29.0 Å². The van der Waals surface area contributed by atoms with Crippen LogP contribution in [0.15, 0.2) is 6.33 Å². The SMILES string of the molecule is CC(C)c1c(Cl)ncnc1N1CCCC(C(F)(F)F)C1. The summed E-state index contributed by atoms with van der Waals surface area (Å²) in [5.41, 5.74) is 0.719. The smallest absolute Gasteiger partial charge is 0.356 e. The van der Waals surface area contributed by atoms with E-state index in [0.717, 1.165) is 5.56 Å². The number of halogens is 4. The summed E-state index contributed by atoms with van der Waals surface area (Å²) >= 11 is 6.07. The molecule has 0 amide bonds. The van der Waals surface area contributed by atoms with Crippen LogP contribution >= 0.6 is 11.6 Å². The Morgan fingerprint density at radius 3 is 2.65 bits per heavy atom. The first-order chi connectivity index (χ1) is 9.30. The summed E-state index contributed by atoms with van der Waals surface area (Å²) < 4.78 is 38.6. The second kappa shape index (κ2) is 5.76. The van der Waals surface area contributed by atoms with Crippen LogP contribution in [0.1, 0.15) is 38.2 Å². The Labute approximate surface area is 121 Å². The lowest BCUT2D eigenvalue weighted by molar-refractivity contribution is -0.176. The molecule has 1 aromatic heterocycles. The van der Waals surface area contributed by atoms with Crippen LogP contribution in [-0.4, -0.2) is 29.2 Å². The van der Waals surface area contributed by atoms with Crippen molar-refractivity contribution in [3.05, 3.63) is 17.0 Å². The van der Waals surface area contributed by atoms with Crippen molar-refractivity contribution in [1.82, 2.24) is 9.97 Å². The first-order valence-electron chi connectivity index (χ1n) is 6.62. The van der Waals surface area contributed by atoms with Crippen molar-refractivity contribution in [2.45, 2.75) is 38.8 Å². The monoisotopic (exact) mass is 307 g/mol. The standard InChI is InChI=1S/C13H17ClF3N3/c1-8(2)10-11(14)18-7-19-12(10)20-5-3-4-9(6-20)13(15,16)17/h7-9H,3-6H2,1-2H3. The van der Waals surface area contributed by atoms with Gasteiger partial charge in [0.2, 0.25) is 0 Å². The number of alkyl halides is 3. The fourth-order valence-corrected chi connectivity index (χ4v) is 2.90. The van der Waals surface area contributed by atoms with E-state index in [0.29, 0.717) is 23.9 Å². The normalized spacial score (nSPS) is 20.6. The van der Waals surface area contributed by atoms with Gasteiger partial charge in [0.15, 0.2) is 0 Å². The Hall–Kier alpha value is -1.04. The van der Waals surface area contributed by atoms with Gasteiger partial charge in [0.1, 0.15) is 17.3 Å². The summed E-state index contributed by atoms with van der Waals surface area (Å²) in [5.74, 6) is -0.705. The van der Waals surface area contributed by atoms with Crippen LogP contribution in [0.4, 0.5) is 19.0 Å². The van der Waals surface area contributed by atoms with E-state index >= 15 is 0 Å². The van der Waals surface area contributed by atoms with Crippen molar-refractivity contribution in [2.75, 3.05) is 18.0 Å². The minimum absolute atomic E-state index is 0.0590. The van der Waals surface area contributed by atoms with Crippen LogP contribution < -0.4 is 4.90 Å². The number of anilines is 1. The quantitative estimate of drug-likeness (QED) is 0.772. The van der Waals surface area contributed by atoms with Gasteiger partial charge in [-0.15, -0.1) is 0 Å². The molecule has 1 aliphatic rings. The van der Waals surface area contributed by atoms with Gasteiger partial charge in [-0.05, 0) is 18.8 Å². The van der Waals surface area contributed by atoms with E-state index in [9.17, 15) is 13.2 Å². The van der Waals surface area contributed by atoms with Crippen molar-refractivity contribution < 1.29 is 13.2 Å².